The zero-order chi connectivity index (χ0) is 17.8. The van der Waals surface area contributed by atoms with Crippen molar-refractivity contribution in [3.05, 3.63) is 53.4 Å². The number of hydrogen-bond donors (Lipinski definition) is 0. The van der Waals surface area contributed by atoms with Crippen LogP contribution in [0.4, 0.5) is 5.95 Å². The van der Waals surface area contributed by atoms with Gasteiger partial charge in [-0.1, -0.05) is 47.3 Å². The molecule has 2 aromatic heterocycles. The van der Waals surface area contributed by atoms with Gasteiger partial charge in [0, 0.05) is 19.2 Å². The molecule has 0 amide bonds. The largest absolute Gasteiger partial charge is 0.378 e. The molecule has 26 heavy (non-hydrogen) atoms. The van der Waals surface area contributed by atoms with Crippen LogP contribution in [0.3, 0.4) is 0 Å². The first kappa shape index (κ1) is 17.1. The van der Waals surface area contributed by atoms with Crippen molar-refractivity contribution < 1.29 is 9.26 Å². The number of anilines is 1. The number of ether oxygens (including phenoxy) is 1. The van der Waals surface area contributed by atoms with Crippen molar-refractivity contribution in [1.29, 1.82) is 0 Å². The average molecular weight is 371 g/mol. The minimum Gasteiger partial charge on any atom is -0.378 e. The Morgan fingerprint density at radius 2 is 1.92 bits per heavy atom. The van der Waals surface area contributed by atoms with Crippen LogP contribution in [-0.2, 0) is 17.0 Å². The summed E-state index contributed by atoms with van der Waals surface area (Å²) < 4.78 is 13.0. The van der Waals surface area contributed by atoms with Gasteiger partial charge in [0.25, 0.3) is 0 Å². The molecule has 0 unspecified atom stereocenters. The average Bonchev–Trinajstić information content (AvgIpc) is 3.28. The Morgan fingerprint density at radius 3 is 2.65 bits per heavy atom. The van der Waals surface area contributed by atoms with Crippen LogP contribution in [0, 0.1) is 6.92 Å². The summed E-state index contributed by atoms with van der Waals surface area (Å²) in [5.41, 5.74) is 2.11. The molecule has 1 aromatic carbocycles. The highest BCUT2D eigenvalue weighted by Crippen LogP contribution is 2.27. The smallest absolute Gasteiger partial charge is 0.228 e. The van der Waals surface area contributed by atoms with Crippen LogP contribution in [0.15, 0.2) is 46.1 Å². The van der Waals surface area contributed by atoms with Gasteiger partial charge in [-0.05, 0) is 12.5 Å². The van der Waals surface area contributed by atoms with E-state index >= 15 is 0 Å². The van der Waals surface area contributed by atoms with Crippen molar-refractivity contribution in [3.8, 4) is 0 Å². The van der Waals surface area contributed by atoms with Crippen molar-refractivity contribution in [3.63, 3.8) is 0 Å². The monoisotopic (exact) mass is 371 g/mol. The molecule has 1 fully saturated rings. The van der Waals surface area contributed by atoms with E-state index in [1.54, 1.807) is 11.8 Å². The van der Waals surface area contributed by atoms with Gasteiger partial charge < -0.3 is 14.2 Å². The van der Waals surface area contributed by atoms with Crippen molar-refractivity contribution in [2.75, 3.05) is 31.2 Å². The molecule has 0 saturated carbocycles. The van der Waals surface area contributed by atoms with Crippen molar-refractivity contribution in [2.24, 2.45) is 0 Å². The highest BCUT2D eigenvalue weighted by molar-refractivity contribution is 7.98. The summed E-state index contributed by atoms with van der Waals surface area (Å²) in [6.45, 7) is 5.76. The molecule has 3 heterocycles. The molecule has 0 bridgehead atoms. The number of nitrogens with zero attached hydrogens (tertiary/aromatic N) is 5. The molecule has 0 N–H and O–H groups in total. The third kappa shape index (κ3) is 3.91. The van der Waals surface area contributed by atoms with Gasteiger partial charge in [-0.25, -0.2) is 0 Å². The Balaban J connectivity index is 1.58. The van der Waals surface area contributed by atoms with Gasteiger partial charge in [0.15, 0.2) is 5.16 Å². The number of hydrogen-bond acceptors (Lipinski definition) is 7. The molecular weight excluding hydrogens is 350 g/mol. The van der Waals surface area contributed by atoms with Crippen LogP contribution in [0.25, 0.3) is 0 Å². The van der Waals surface area contributed by atoms with E-state index < -0.39 is 0 Å². The van der Waals surface area contributed by atoms with Gasteiger partial charge in [-0.15, -0.1) is 10.2 Å². The van der Waals surface area contributed by atoms with Crippen LogP contribution < -0.4 is 4.90 Å². The maximum atomic E-state index is 5.47. The molecular formula is C18H21N5O2S. The number of aromatic nitrogens is 4. The van der Waals surface area contributed by atoms with Crippen molar-refractivity contribution in [1.82, 2.24) is 19.9 Å². The van der Waals surface area contributed by atoms with Crippen LogP contribution in [0.2, 0.25) is 0 Å². The molecule has 0 radical (unpaired) electrons. The molecule has 0 spiro atoms. The van der Waals surface area contributed by atoms with E-state index in [4.69, 9.17) is 9.26 Å². The quantitative estimate of drug-likeness (QED) is 0.617. The van der Waals surface area contributed by atoms with Crippen molar-refractivity contribution >= 4 is 17.7 Å². The molecule has 7 nitrogen and oxygen atoms in total. The molecule has 0 aliphatic carbocycles. The lowest BCUT2D eigenvalue weighted by Crippen LogP contribution is -2.38. The summed E-state index contributed by atoms with van der Waals surface area (Å²) in [7, 11) is 0. The summed E-state index contributed by atoms with van der Waals surface area (Å²) in [4.78, 5) is 2.24. The van der Waals surface area contributed by atoms with Gasteiger partial charge in [0.05, 0.1) is 31.2 Å². The molecule has 3 aromatic rings. The Morgan fingerprint density at radius 1 is 1.12 bits per heavy atom. The van der Waals surface area contributed by atoms with E-state index in [0.717, 1.165) is 55.4 Å². The third-order valence-electron chi connectivity index (χ3n) is 4.20. The molecule has 0 atom stereocenters. The fraction of sp³-hybridized carbons (Fsp3) is 0.389. The summed E-state index contributed by atoms with van der Waals surface area (Å²) >= 11 is 1.62. The Labute approximate surface area is 156 Å². The number of morpholine rings is 1. The summed E-state index contributed by atoms with van der Waals surface area (Å²) in [6.07, 6.45) is 0. The van der Waals surface area contributed by atoms with Gasteiger partial charge >= 0.3 is 0 Å². The number of benzene rings is 1. The van der Waals surface area contributed by atoms with Gasteiger partial charge in [0.1, 0.15) is 5.76 Å². The lowest BCUT2D eigenvalue weighted by molar-refractivity contribution is 0.121. The zero-order valence-electron chi connectivity index (χ0n) is 14.7. The summed E-state index contributed by atoms with van der Waals surface area (Å²) in [5.74, 6) is 2.42. The Hall–Kier alpha value is -2.32. The minimum absolute atomic E-state index is 0.677. The summed E-state index contributed by atoms with van der Waals surface area (Å²) in [5, 5.41) is 13.7. The number of aryl methyl sites for hydroxylation is 1. The molecule has 8 heteroatoms. The Bertz CT molecular complexity index is 842. The molecule has 1 saturated heterocycles. The van der Waals surface area contributed by atoms with E-state index in [9.17, 15) is 0 Å². The van der Waals surface area contributed by atoms with Crippen LogP contribution >= 0.6 is 11.8 Å². The number of rotatable bonds is 6. The first-order valence-electron chi connectivity index (χ1n) is 8.64. The van der Waals surface area contributed by atoms with Gasteiger partial charge in [-0.3, -0.25) is 4.57 Å². The molecule has 4 rings (SSSR count). The maximum Gasteiger partial charge on any atom is 0.228 e. The van der Waals surface area contributed by atoms with E-state index in [1.807, 2.05) is 19.1 Å². The molecule has 1 aliphatic rings. The first-order valence-corrected chi connectivity index (χ1v) is 9.63. The number of thioether (sulfide) groups is 1. The lowest BCUT2D eigenvalue weighted by Gasteiger charge is -2.28. The predicted molar refractivity (Wildman–Crippen MR) is 99.4 cm³/mol. The second-order valence-corrected chi connectivity index (χ2v) is 7.12. The second-order valence-electron chi connectivity index (χ2n) is 6.18. The zero-order valence-corrected chi connectivity index (χ0v) is 15.5. The topological polar surface area (TPSA) is 69.2 Å². The van der Waals surface area contributed by atoms with Gasteiger partial charge in [-0.2, -0.15) is 0 Å². The van der Waals surface area contributed by atoms with Crippen LogP contribution in [0.5, 0.6) is 0 Å². The molecule has 136 valence electrons. The normalized spacial score (nSPS) is 14.7. The van der Waals surface area contributed by atoms with E-state index in [0.29, 0.717) is 5.75 Å². The third-order valence-corrected chi connectivity index (χ3v) is 5.18. The first-order chi connectivity index (χ1) is 12.8. The van der Waals surface area contributed by atoms with E-state index in [-0.39, 0.29) is 0 Å². The fourth-order valence-corrected chi connectivity index (χ4v) is 3.72. The van der Waals surface area contributed by atoms with Crippen LogP contribution in [-0.4, -0.2) is 46.2 Å². The highest BCUT2D eigenvalue weighted by Gasteiger charge is 2.21. The van der Waals surface area contributed by atoms with Crippen molar-refractivity contribution in [2.45, 2.75) is 24.4 Å². The van der Waals surface area contributed by atoms with Gasteiger partial charge in [0.2, 0.25) is 5.95 Å². The predicted octanol–water partition coefficient (Wildman–Crippen LogP) is 2.75. The Kier molecular flexibility index (Phi) is 5.21. The lowest BCUT2D eigenvalue weighted by atomic mass is 10.2. The van der Waals surface area contributed by atoms with Crippen LogP contribution in [0.1, 0.15) is 17.0 Å². The standard InChI is InChI=1S/C18H21N5O2S/c1-14-11-16(25-21-14)13-26-18-20-19-17(22-7-9-24-10-8-22)23(18)12-15-5-3-2-4-6-15/h2-6,11H,7-10,12-13H2,1H3. The highest BCUT2D eigenvalue weighted by atomic mass is 32.2. The summed E-state index contributed by atoms with van der Waals surface area (Å²) in [6, 6.07) is 12.3. The SMILES string of the molecule is Cc1cc(CSc2nnc(N3CCOCC3)n2Cc2ccccc2)on1. The second kappa shape index (κ2) is 7.92. The maximum absolute atomic E-state index is 5.47. The minimum atomic E-state index is 0.677. The van der Waals surface area contributed by atoms with E-state index in [2.05, 4.69) is 49.1 Å². The van der Waals surface area contributed by atoms with E-state index in [1.165, 1.54) is 5.56 Å². The fourth-order valence-electron chi connectivity index (χ4n) is 2.91. The molecule has 1 aliphatic heterocycles.